The van der Waals surface area contributed by atoms with Crippen molar-refractivity contribution in [2.45, 2.75) is 38.9 Å². The average molecular weight is 471 g/mol. The van der Waals surface area contributed by atoms with Gasteiger partial charge in [0.05, 0.1) is 44.2 Å². The average Bonchev–Trinajstić information content (AvgIpc) is 3.53. The molecular weight excluding hydrogens is 443 g/mol. The molecule has 0 unspecified atom stereocenters. The highest BCUT2D eigenvalue weighted by molar-refractivity contribution is 5.90. The lowest BCUT2D eigenvalue weighted by molar-refractivity contribution is 0.106. The summed E-state index contributed by atoms with van der Waals surface area (Å²) in [6.07, 6.45) is 1.52. The van der Waals surface area contributed by atoms with Gasteiger partial charge in [-0.05, 0) is 38.0 Å². The number of urea groups is 1. The van der Waals surface area contributed by atoms with E-state index in [0.29, 0.717) is 50.0 Å². The Morgan fingerprint density at radius 1 is 1.21 bits per heavy atom. The highest BCUT2D eigenvalue weighted by atomic mass is 19.1. The van der Waals surface area contributed by atoms with Crippen molar-refractivity contribution in [1.29, 1.82) is 0 Å². The Hall–Kier alpha value is -3.47. The molecule has 5 rings (SSSR count). The van der Waals surface area contributed by atoms with Gasteiger partial charge in [-0.15, -0.1) is 0 Å². The van der Waals surface area contributed by atoms with Gasteiger partial charge in [-0.2, -0.15) is 0 Å². The maximum Gasteiger partial charge on any atom is 0.410 e. The summed E-state index contributed by atoms with van der Waals surface area (Å²) in [6.45, 7) is 5.05. The number of fused-ring (bicyclic) bond motifs is 1. The fourth-order valence-corrected chi connectivity index (χ4v) is 4.09. The molecule has 1 saturated carbocycles. The van der Waals surface area contributed by atoms with E-state index in [2.05, 4.69) is 20.5 Å². The number of hydrogen-bond acceptors (Lipinski definition) is 7. The van der Waals surface area contributed by atoms with Crippen LogP contribution in [0, 0.1) is 5.82 Å². The number of carbonyl (C=O) groups is 2. The van der Waals surface area contributed by atoms with Gasteiger partial charge in [-0.1, -0.05) is 0 Å². The maximum absolute atomic E-state index is 15.1. The molecule has 180 valence electrons. The molecule has 3 heterocycles. The summed E-state index contributed by atoms with van der Waals surface area (Å²) in [4.78, 5) is 37.3. The predicted molar refractivity (Wildman–Crippen MR) is 122 cm³/mol. The van der Waals surface area contributed by atoms with Gasteiger partial charge >= 0.3 is 12.1 Å². The van der Waals surface area contributed by atoms with E-state index >= 15 is 4.39 Å². The van der Waals surface area contributed by atoms with Crippen LogP contribution in [0.1, 0.15) is 31.0 Å². The Balaban J connectivity index is 1.44. The Labute approximate surface area is 196 Å². The molecule has 1 aromatic heterocycles. The predicted octanol–water partition coefficient (Wildman–Crippen LogP) is 2.88. The Morgan fingerprint density at radius 3 is 2.71 bits per heavy atom. The molecule has 0 spiro atoms. The molecule has 0 bridgehead atoms. The Kier molecular flexibility index (Phi) is 6.18. The van der Waals surface area contributed by atoms with Gasteiger partial charge in [-0.3, -0.25) is 4.90 Å². The molecule has 1 aromatic carbocycles. The fraction of sp³-hybridized carbons (Fsp3) is 0.478. The van der Waals surface area contributed by atoms with Crippen molar-refractivity contribution in [3.63, 3.8) is 0 Å². The number of ether oxygens (including phenoxy) is 2. The maximum atomic E-state index is 15.1. The van der Waals surface area contributed by atoms with Gasteiger partial charge in [0.25, 0.3) is 0 Å². The number of benzene rings is 1. The summed E-state index contributed by atoms with van der Waals surface area (Å²) in [7, 11) is 0. The molecule has 0 atom stereocenters. The molecule has 0 radical (unpaired) electrons. The number of nitrogens with zero attached hydrogens (tertiary/aromatic N) is 4. The summed E-state index contributed by atoms with van der Waals surface area (Å²) < 4.78 is 25.7. The van der Waals surface area contributed by atoms with Crippen LogP contribution in [0.3, 0.4) is 0 Å². The zero-order valence-corrected chi connectivity index (χ0v) is 19.0. The smallest absolute Gasteiger partial charge is 0.410 e. The van der Waals surface area contributed by atoms with Gasteiger partial charge in [0.1, 0.15) is 11.6 Å². The van der Waals surface area contributed by atoms with Crippen molar-refractivity contribution in [1.82, 2.24) is 20.2 Å². The number of morpholine rings is 1. The number of anilines is 2. The number of carbonyl (C=O) groups excluding carboxylic acids is 2. The molecule has 2 aliphatic heterocycles. The summed E-state index contributed by atoms with van der Waals surface area (Å²) in [6, 6.07) is 4.30. The van der Waals surface area contributed by atoms with Crippen molar-refractivity contribution in [2.24, 2.45) is 0 Å². The summed E-state index contributed by atoms with van der Waals surface area (Å²) in [5.41, 5.74) is 2.08. The fourth-order valence-electron chi connectivity index (χ4n) is 4.09. The van der Waals surface area contributed by atoms with E-state index in [1.165, 1.54) is 6.07 Å². The molecule has 2 aromatic rings. The van der Waals surface area contributed by atoms with Crippen LogP contribution < -0.4 is 15.5 Å². The van der Waals surface area contributed by atoms with Crippen molar-refractivity contribution in [2.75, 3.05) is 43.1 Å². The SMILES string of the molecule is CCOC(=O)N1Cc2nc(-c3ccc(NC(=O)NC4CC4)cc3F)nc(N3CCOCC3)c2C1. The summed E-state index contributed by atoms with van der Waals surface area (Å²) in [5, 5.41) is 5.46. The highest BCUT2D eigenvalue weighted by Gasteiger charge is 2.32. The quantitative estimate of drug-likeness (QED) is 0.692. The summed E-state index contributed by atoms with van der Waals surface area (Å²) >= 11 is 0. The molecule has 34 heavy (non-hydrogen) atoms. The second kappa shape index (κ2) is 9.41. The first-order chi connectivity index (χ1) is 16.5. The Morgan fingerprint density at radius 2 is 2.00 bits per heavy atom. The number of nitrogens with one attached hydrogen (secondary N) is 2. The first kappa shape index (κ1) is 22.3. The molecule has 1 saturated heterocycles. The largest absolute Gasteiger partial charge is 0.450 e. The summed E-state index contributed by atoms with van der Waals surface area (Å²) in [5.74, 6) is 0.371. The third-order valence-corrected chi connectivity index (χ3v) is 5.98. The molecule has 11 heteroatoms. The molecule has 3 amide bonds. The van der Waals surface area contributed by atoms with Crippen molar-refractivity contribution < 1.29 is 23.5 Å². The minimum Gasteiger partial charge on any atom is -0.450 e. The van der Waals surface area contributed by atoms with Gasteiger partial charge in [0.15, 0.2) is 5.82 Å². The minimum absolute atomic E-state index is 0.205. The molecule has 2 fully saturated rings. The van der Waals surface area contributed by atoms with E-state index in [1.807, 2.05) is 0 Å². The van der Waals surface area contributed by atoms with E-state index in [4.69, 9.17) is 14.5 Å². The van der Waals surface area contributed by atoms with Gasteiger partial charge in [-0.25, -0.2) is 23.9 Å². The second-order valence-corrected chi connectivity index (χ2v) is 8.52. The first-order valence-corrected chi connectivity index (χ1v) is 11.5. The molecule has 10 nitrogen and oxygen atoms in total. The second-order valence-electron chi connectivity index (χ2n) is 8.52. The number of hydrogen-bond donors (Lipinski definition) is 2. The Bertz CT molecular complexity index is 1100. The van der Waals surface area contributed by atoms with Crippen LogP contribution in [-0.2, 0) is 22.6 Å². The third kappa shape index (κ3) is 4.74. The third-order valence-electron chi connectivity index (χ3n) is 5.98. The van der Waals surface area contributed by atoms with Crippen molar-refractivity contribution >= 4 is 23.6 Å². The van der Waals surface area contributed by atoms with Crippen LogP contribution in [0.5, 0.6) is 0 Å². The van der Waals surface area contributed by atoms with E-state index in [9.17, 15) is 9.59 Å². The van der Waals surface area contributed by atoms with E-state index in [0.717, 1.165) is 18.4 Å². The first-order valence-electron chi connectivity index (χ1n) is 11.5. The van der Waals surface area contributed by atoms with Crippen LogP contribution >= 0.6 is 0 Å². The van der Waals surface area contributed by atoms with E-state index in [-0.39, 0.29) is 36.6 Å². The van der Waals surface area contributed by atoms with Gasteiger partial charge in [0.2, 0.25) is 0 Å². The highest BCUT2D eigenvalue weighted by Crippen LogP contribution is 2.33. The zero-order valence-electron chi connectivity index (χ0n) is 19.0. The van der Waals surface area contributed by atoms with E-state index < -0.39 is 11.9 Å². The lowest BCUT2D eigenvalue weighted by Gasteiger charge is -2.29. The van der Waals surface area contributed by atoms with Crippen molar-refractivity contribution in [3.8, 4) is 11.4 Å². The van der Waals surface area contributed by atoms with E-state index in [1.54, 1.807) is 24.0 Å². The molecule has 2 N–H and O–H groups in total. The lowest BCUT2D eigenvalue weighted by Crippen LogP contribution is -2.37. The van der Waals surface area contributed by atoms with Crippen LogP contribution in [0.2, 0.25) is 0 Å². The normalized spacial score (nSPS) is 17.4. The number of rotatable bonds is 5. The van der Waals surface area contributed by atoms with Crippen LogP contribution in [0.15, 0.2) is 18.2 Å². The number of aromatic nitrogens is 2. The monoisotopic (exact) mass is 470 g/mol. The van der Waals surface area contributed by atoms with Crippen LogP contribution in [0.4, 0.5) is 25.5 Å². The lowest BCUT2D eigenvalue weighted by atomic mass is 10.1. The van der Waals surface area contributed by atoms with Gasteiger partial charge in [0, 0.05) is 30.4 Å². The number of amides is 3. The zero-order chi connectivity index (χ0) is 23.7. The van der Waals surface area contributed by atoms with Crippen LogP contribution in [-0.4, -0.2) is 65.9 Å². The van der Waals surface area contributed by atoms with Gasteiger partial charge < -0.3 is 25.0 Å². The standard InChI is InChI=1S/C23H27FN6O4/c1-2-34-23(32)30-12-17-19(13-30)27-20(28-21(17)29-7-9-33-10-8-29)16-6-5-15(11-18(16)24)26-22(31)25-14-3-4-14/h5-6,11,14H,2-4,7-10,12-13H2,1H3,(H2,25,26,31). The van der Waals surface area contributed by atoms with Crippen LogP contribution in [0.25, 0.3) is 11.4 Å². The van der Waals surface area contributed by atoms with Crippen molar-refractivity contribution in [3.05, 3.63) is 35.3 Å². The topological polar surface area (TPSA) is 109 Å². The minimum atomic E-state index is -0.544. The molecule has 3 aliphatic rings. The molecule has 1 aliphatic carbocycles. The number of halogens is 1. The molecular formula is C23H27FN6O4.